The number of nitrogens with zero attached hydrogens (tertiary/aromatic N) is 4. The van der Waals surface area contributed by atoms with Gasteiger partial charge in [-0.3, -0.25) is 4.79 Å². The van der Waals surface area contributed by atoms with E-state index in [2.05, 4.69) is 20.8 Å². The van der Waals surface area contributed by atoms with Crippen LogP contribution in [0.4, 0.5) is 5.69 Å². The molecule has 0 unspecified atom stereocenters. The largest absolute Gasteiger partial charge is 0.493 e. The Morgan fingerprint density at radius 3 is 2.54 bits per heavy atom. The predicted octanol–water partition coefficient (Wildman–Crippen LogP) is 1.99. The van der Waals surface area contributed by atoms with Crippen molar-refractivity contribution in [1.82, 2.24) is 20.2 Å². The highest BCUT2D eigenvalue weighted by Gasteiger charge is 2.42. The SMILES string of the molecule is COc1ccc(NC(=O)C2(n3cnnn3)CCCCC2)cc1OC. The molecule has 1 aliphatic carbocycles. The number of methoxy groups -OCH3 is 2. The van der Waals surface area contributed by atoms with E-state index in [1.165, 1.54) is 6.33 Å². The summed E-state index contributed by atoms with van der Waals surface area (Å²) in [4.78, 5) is 13.0. The first-order chi connectivity index (χ1) is 11.7. The number of carbonyl (C=O) groups is 1. The zero-order valence-corrected chi connectivity index (χ0v) is 13.9. The Kier molecular flexibility index (Phi) is 4.64. The van der Waals surface area contributed by atoms with Crippen LogP contribution in [-0.2, 0) is 10.3 Å². The Bertz CT molecular complexity index is 696. The van der Waals surface area contributed by atoms with Crippen LogP contribution < -0.4 is 14.8 Å². The van der Waals surface area contributed by atoms with Crippen molar-refractivity contribution in [2.24, 2.45) is 0 Å². The number of anilines is 1. The number of carbonyl (C=O) groups excluding carboxylic acids is 1. The Morgan fingerprint density at radius 2 is 1.92 bits per heavy atom. The fourth-order valence-electron chi connectivity index (χ4n) is 3.22. The van der Waals surface area contributed by atoms with Crippen LogP contribution in [0.1, 0.15) is 32.1 Å². The zero-order valence-electron chi connectivity index (χ0n) is 13.9. The molecule has 1 heterocycles. The van der Waals surface area contributed by atoms with E-state index in [-0.39, 0.29) is 5.91 Å². The molecule has 1 aromatic carbocycles. The molecule has 1 aliphatic rings. The van der Waals surface area contributed by atoms with Crippen LogP contribution in [-0.4, -0.2) is 40.3 Å². The fourth-order valence-corrected chi connectivity index (χ4v) is 3.22. The monoisotopic (exact) mass is 331 g/mol. The summed E-state index contributed by atoms with van der Waals surface area (Å²) >= 11 is 0. The second kappa shape index (κ2) is 6.86. The number of benzene rings is 1. The van der Waals surface area contributed by atoms with E-state index in [0.717, 1.165) is 32.1 Å². The summed E-state index contributed by atoms with van der Waals surface area (Å²) in [5, 5.41) is 14.4. The molecular formula is C16H21N5O3. The highest BCUT2D eigenvalue weighted by atomic mass is 16.5. The lowest BCUT2D eigenvalue weighted by Crippen LogP contribution is -2.47. The van der Waals surface area contributed by atoms with Crippen molar-refractivity contribution in [2.45, 2.75) is 37.6 Å². The molecule has 0 radical (unpaired) electrons. The molecule has 24 heavy (non-hydrogen) atoms. The Hall–Kier alpha value is -2.64. The molecular weight excluding hydrogens is 310 g/mol. The van der Waals surface area contributed by atoms with Gasteiger partial charge in [0.1, 0.15) is 11.9 Å². The second-order valence-electron chi connectivity index (χ2n) is 5.87. The summed E-state index contributed by atoms with van der Waals surface area (Å²) in [6, 6.07) is 5.29. The maximum absolute atomic E-state index is 13.0. The van der Waals surface area contributed by atoms with Gasteiger partial charge in [-0.05, 0) is 35.4 Å². The van der Waals surface area contributed by atoms with Gasteiger partial charge in [-0.15, -0.1) is 5.10 Å². The zero-order chi connectivity index (χ0) is 17.0. The smallest absolute Gasteiger partial charge is 0.252 e. The normalized spacial score (nSPS) is 16.4. The third kappa shape index (κ3) is 2.91. The van der Waals surface area contributed by atoms with Crippen LogP contribution in [0.15, 0.2) is 24.5 Å². The molecule has 0 aliphatic heterocycles. The minimum Gasteiger partial charge on any atom is -0.493 e. The Labute approximate surface area is 140 Å². The predicted molar refractivity (Wildman–Crippen MR) is 87.1 cm³/mol. The summed E-state index contributed by atoms with van der Waals surface area (Å²) in [6.45, 7) is 0. The number of nitrogens with one attached hydrogen (secondary N) is 1. The first kappa shape index (κ1) is 16.2. The molecule has 128 valence electrons. The molecule has 1 aromatic heterocycles. The maximum atomic E-state index is 13.0. The van der Waals surface area contributed by atoms with Crippen LogP contribution in [0, 0.1) is 0 Å². The summed E-state index contributed by atoms with van der Waals surface area (Å²) in [6.07, 6.45) is 6.01. The van der Waals surface area contributed by atoms with E-state index < -0.39 is 5.54 Å². The van der Waals surface area contributed by atoms with Crippen molar-refractivity contribution in [3.05, 3.63) is 24.5 Å². The van der Waals surface area contributed by atoms with Gasteiger partial charge in [-0.2, -0.15) is 0 Å². The van der Waals surface area contributed by atoms with Crippen LogP contribution in [0.25, 0.3) is 0 Å². The van der Waals surface area contributed by atoms with Gasteiger partial charge in [-0.1, -0.05) is 19.3 Å². The number of aromatic nitrogens is 4. The van der Waals surface area contributed by atoms with Gasteiger partial charge in [0, 0.05) is 11.8 Å². The molecule has 1 N–H and O–H groups in total. The third-order valence-corrected chi connectivity index (χ3v) is 4.53. The highest BCUT2D eigenvalue weighted by molar-refractivity contribution is 5.97. The van der Waals surface area contributed by atoms with Crippen molar-refractivity contribution in [3.63, 3.8) is 0 Å². The molecule has 0 saturated heterocycles. The van der Waals surface area contributed by atoms with Gasteiger partial charge in [0.25, 0.3) is 5.91 Å². The molecule has 8 heteroatoms. The minimum absolute atomic E-state index is 0.110. The average molecular weight is 331 g/mol. The molecule has 0 atom stereocenters. The van der Waals surface area contributed by atoms with Crippen molar-refractivity contribution < 1.29 is 14.3 Å². The standard InChI is InChI=1S/C16H21N5O3/c1-23-13-7-6-12(10-14(13)24-2)18-15(22)16(8-4-3-5-9-16)21-11-17-19-20-21/h6-7,10-11H,3-5,8-9H2,1-2H3,(H,18,22). The van der Waals surface area contributed by atoms with Crippen molar-refractivity contribution >= 4 is 11.6 Å². The van der Waals surface area contributed by atoms with Gasteiger partial charge in [0.15, 0.2) is 11.5 Å². The van der Waals surface area contributed by atoms with Gasteiger partial charge in [0.05, 0.1) is 14.2 Å². The molecule has 1 saturated carbocycles. The average Bonchev–Trinajstić information content (AvgIpc) is 3.17. The van der Waals surface area contributed by atoms with E-state index in [0.29, 0.717) is 17.2 Å². The number of rotatable bonds is 5. The third-order valence-electron chi connectivity index (χ3n) is 4.53. The van der Waals surface area contributed by atoms with Crippen LogP contribution in [0.2, 0.25) is 0 Å². The first-order valence-corrected chi connectivity index (χ1v) is 7.96. The Balaban J connectivity index is 1.87. The fraction of sp³-hybridized carbons (Fsp3) is 0.500. The molecule has 2 aromatic rings. The molecule has 0 bridgehead atoms. The quantitative estimate of drug-likeness (QED) is 0.901. The molecule has 8 nitrogen and oxygen atoms in total. The van der Waals surface area contributed by atoms with Gasteiger partial charge in [-0.25, -0.2) is 4.68 Å². The summed E-state index contributed by atoms with van der Waals surface area (Å²) in [5.74, 6) is 1.07. The molecule has 1 amide bonds. The van der Waals surface area contributed by atoms with Gasteiger partial charge < -0.3 is 14.8 Å². The second-order valence-corrected chi connectivity index (χ2v) is 5.87. The lowest BCUT2D eigenvalue weighted by Gasteiger charge is -2.35. The lowest BCUT2D eigenvalue weighted by atomic mass is 9.81. The molecule has 1 fully saturated rings. The van der Waals surface area contributed by atoms with Crippen molar-refractivity contribution in [3.8, 4) is 11.5 Å². The van der Waals surface area contributed by atoms with Crippen LogP contribution >= 0.6 is 0 Å². The number of tetrazole rings is 1. The van der Waals surface area contributed by atoms with E-state index in [1.807, 2.05) is 0 Å². The maximum Gasteiger partial charge on any atom is 0.252 e. The summed E-state index contributed by atoms with van der Waals surface area (Å²) in [7, 11) is 3.14. The topological polar surface area (TPSA) is 91.2 Å². The van der Waals surface area contributed by atoms with Crippen molar-refractivity contribution in [1.29, 1.82) is 0 Å². The number of hydrogen-bond donors (Lipinski definition) is 1. The lowest BCUT2D eigenvalue weighted by molar-refractivity contribution is -0.126. The highest BCUT2D eigenvalue weighted by Crippen LogP contribution is 2.36. The van der Waals surface area contributed by atoms with E-state index >= 15 is 0 Å². The summed E-state index contributed by atoms with van der Waals surface area (Å²) < 4.78 is 12.1. The van der Waals surface area contributed by atoms with Gasteiger partial charge >= 0.3 is 0 Å². The van der Waals surface area contributed by atoms with Gasteiger partial charge in [0.2, 0.25) is 0 Å². The van der Waals surface area contributed by atoms with Crippen LogP contribution in [0.3, 0.4) is 0 Å². The molecule has 3 rings (SSSR count). The Morgan fingerprint density at radius 1 is 1.17 bits per heavy atom. The van der Waals surface area contributed by atoms with E-state index in [9.17, 15) is 4.79 Å². The first-order valence-electron chi connectivity index (χ1n) is 7.96. The number of ether oxygens (including phenoxy) is 2. The van der Waals surface area contributed by atoms with Crippen LogP contribution in [0.5, 0.6) is 11.5 Å². The number of hydrogen-bond acceptors (Lipinski definition) is 6. The number of amides is 1. The summed E-state index contributed by atoms with van der Waals surface area (Å²) in [5.41, 5.74) is -0.0924. The van der Waals surface area contributed by atoms with E-state index in [4.69, 9.17) is 9.47 Å². The molecule has 0 spiro atoms. The minimum atomic E-state index is -0.741. The van der Waals surface area contributed by atoms with E-state index in [1.54, 1.807) is 37.1 Å². The van der Waals surface area contributed by atoms with Crippen molar-refractivity contribution in [2.75, 3.05) is 19.5 Å².